The number of halogens is 1. The summed E-state index contributed by atoms with van der Waals surface area (Å²) >= 11 is 1.30. The first-order valence-corrected chi connectivity index (χ1v) is 6.47. The normalized spacial score (nSPS) is 20.0. The molecule has 1 atom stereocenters. The number of para-hydroxylation sites is 1. The third kappa shape index (κ3) is 1.77. The van der Waals surface area contributed by atoms with E-state index in [2.05, 4.69) is 4.98 Å². The molecule has 4 nitrogen and oxygen atoms in total. The Morgan fingerprint density at radius 3 is 3.06 bits per heavy atom. The van der Waals surface area contributed by atoms with E-state index in [1.54, 1.807) is 12.1 Å². The minimum Gasteiger partial charge on any atom is -0.396 e. The molecule has 0 radical (unpaired) electrons. The van der Waals surface area contributed by atoms with Gasteiger partial charge in [-0.05, 0) is 12.1 Å². The van der Waals surface area contributed by atoms with Crippen molar-refractivity contribution in [1.82, 2.24) is 4.98 Å². The molecule has 2 aromatic rings. The summed E-state index contributed by atoms with van der Waals surface area (Å²) in [7, 11) is 0. The fourth-order valence-corrected chi connectivity index (χ4v) is 3.11. The Balaban J connectivity index is 2.00. The van der Waals surface area contributed by atoms with Crippen molar-refractivity contribution in [2.24, 2.45) is 5.92 Å². The third-order valence-electron chi connectivity index (χ3n) is 3.05. The number of carbonyl (C=O) groups is 1. The highest BCUT2D eigenvalue weighted by molar-refractivity contribution is 7.22. The number of hydrogen-bond acceptors (Lipinski definition) is 4. The third-order valence-corrected chi connectivity index (χ3v) is 4.10. The molecule has 0 bridgehead atoms. The zero-order valence-corrected chi connectivity index (χ0v) is 10.3. The van der Waals surface area contributed by atoms with Gasteiger partial charge in [-0.1, -0.05) is 17.4 Å². The average molecular weight is 266 g/mol. The lowest BCUT2D eigenvalue weighted by molar-refractivity contribution is -0.117. The fourth-order valence-electron chi connectivity index (χ4n) is 2.11. The van der Waals surface area contributed by atoms with Crippen molar-refractivity contribution in [2.75, 3.05) is 18.1 Å². The maximum Gasteiger partial charge on any atom is 0.229 e. The summed E-state index contributed by atoms with van der Waals surface area (Å²) < 4.78 is 14.3. The lowest BCUT2D eigenvalue weighted by atomic mass is 10.1. The number of anilines is 1. The minimum atomic E-state index is -0.375. The molecule has 0 spiro atoms. The lowest BCUT2D eigenvalue weighted by Crippen LogP contribution is -2.24. The van der Waals surface area contributed by atoms with Crippen molar-refractivity contribution in [3.8, 4) is 0 Å². The second kappa shape index (κ2) is 4.29. The number of aliphatic hydroxyl groups excluding tert-OH is 1. The van der Waals surface area contributed by atoms with Crippen LogP contribution in [0.5, 0.6) is 0 Å². The van der Waals surface area contributed by atoms with Gasteiger partial charge in [-0.25, -0.2) is 9.37 Å². The van der Waals surface area contributed by atoms with Crippen LogP contribution in [0.3, 0.4) is 0 Å². The number of rotatable bonds is 2. The van der Waals surface area contributed by atoms with Gasteiger partial charge in [-0.15, -0.1) is 0 Å². The number of amides is 1. The molecule has 1 aliphatic rings. The molecule has 1 N–H and O–H groups in total. The van der Waals surface area contributed by atoms with Gasteiger partial charge in [0.15, 0.2) is 5.13 Å². The van der Waals surface area contributed by atoms with E-state index in [0.717, 1.165) is 4.70 Å². The highest BCUT2D eigenvalue weighted by Gasteiger charge is 2.32. The maximum absolute atomic E-state index is 13.5. The summed E-state index contributed by atoms with van der Waals surface area (Å²) in [5, 5.41) is 9.59. The SMILES string of the molecule is O=C1CC(CO)CN1c1nc2c(F)cccc2s1. The van der Waals surface area contributed by atoms with E-state index in [0.29, 0.717) is 23.6 Å². The Labute approximate surface area is 107 Å². The van der Waals surface area contributed by atoms with Gasteiger partial charge in [0.05, 0.1) is 4.70 Å². The summed E-state index contributed by atoms with van der Waals surface area (Å²) in [6.45, 7) is 0.443. The van der Waals surface area contributed by atoms with E-state index in [1.165, 1.54) is 22.3 Å². The van der Waals surface area contributed by atoms with E-state index >= 15 is 0 Å². The number of aromatic nitrogens is 1. The number of nitrogens with zero attached hydrogens (tertiary/aromatic N) is 2. The van der Waals surface area contributed by atoms with Crippen LogP contribution in [0, 0.1) is 11.7 Å². The summed E-state index contributed by atoms with van der Waals surface area (Å²) in [6.07, 6.45) is 0.328. The molecular formula is C12H11FN2O2S. The van der Waals surface area contributed by atoms with Crippen LogP contribution in [-0.4, -0.2) is 29.1 Å². The quantitative estimate of drug-likeness (QED) is 0.901. The molecule has 3 rings (SSSR count). The molecule has 1 aromatic heterocycles. The smallest absolute Gasteiger partial charge is 0.229 e. The van der Waals surface area contributed by atoms with Crippen LogP contribution < -0.4 is 4.90 Å². The number of thiazole rings is 1. The summed E-state index contributed by atoms with van der Waals surface area (Å²) in [5.74, 6) is -0.483. The minimum absolute atomic E-state index is 0.0124. The van der Waals surface area contributed by atoms with E-state index in [9.17, 15) is 9.18 Å². The molecule has 0 saturated carbocycles. The van der Waals surface area contributed by atoms with E-state index in [4.69, 9.17) is 5.11 Å². The predicted molar refractivity (Wildman–Crippen MR) is 67.1 cm³/mol. The Bertz CT molecular complexity index is 613. The van der Waals surface area contributed by atoms with E-state index in [1.807, 2.05) is 0 Å². The molecule has 1 fully saturated rings. The summed E-state index contributed by atoms with van der Waals surface area (Å²) in [4.78, 5) is 17.5. The zero-order valence-electron chi connectivity index (χ0n) is 9.47. The molecule has 1 aromatic carbocycles. The lowest BCUT2D eigenvalue weighted by Gasteiger charge is -2.11. The van der Waals surface area contributed by atoms with E-state index < -0.39 is 0 Å². The molecule has 0 aliphatic carbocycles. The first-order chi connectivity index (χ1) is 8.69. The van der Waals surface area contributed by atoms with Crippen molar-refractivity contribution in [3.63, 3.8) is 0 Å². The van der Waals surface area contributed by atoms with Crippen molar-refractivity contribution in [2.45, 2.75) is 6.42 Å². The fraction of sp³-hybridized carbons (Fsp3) is 0.333. The summed E-state index contributed by atoms with van der Waals surface area (Å²) in [6, 6.07) is 4.76. The van der Waals surface area contributed by atoms with Crippen LogP contribution in [0.2, 0.25) is 0 Å². The van der Waals surface area contributed by atoms with Crippen LogP contribution >= 0.6 is 11.3 Å². The molecular weight excluding hydrogens is 255 g/mol. The number of aliphatic hydroxyl groups is 1. The molecule has 1 saturated heterocycles. The monoisotopic (exact) mass is 266 g/mol. The molecule has 1 unspecified atom stereocenters. The number of carbonyl (C=O) groups excluding carboxylic acids is 1. The topological polar surface area (TPSA) is 53.4 Å². The standard InChI is InChI=1S/C12H11FN2O2S/c13-8-2-1-3-9-11(8)14-12(18-9)15-5-7(6-16)4-10(15)17/h1-3,7,16H,4-6H2. The average Bonchev–Trinajstić information content (AvgIpc) is 2.93. The molecule has 18 heavy (non-hydrogen) atoms. The van der Waals surface area contributed by atoms with Gasteiger partial charge in [0.25, 0.3) is 0 Å². The van der Waals surface area contributed by atoms with Crippen LogP contribution in [-0.2, 0) is 4.79 Å². The first-order valence-electron chi connectivity index (χ1n) is 5.65. The van der Waals surface area contributed by atoms with Crippen molar-refractivity contribution in [3.05, 3.63) is 24.0 Å². The van der Waals surface area contributed by atoms with Crippen LogP contribution in [0.4, 0.5) is 9.52 Å². The number of benzene rings is 1. The second-order valence-electron chi connectivity index (χ2n) is 4.34. The molecule has 1 amide bonds. The van der Waals surface area contributed by atoms with Gasteiger partial charge in [-0.2, -0.15) is 0 Å². The second-order valence-corrected chi connectivity index (χ2v) is 5.35. The highest BCUT2D eigenvalue weighted by Crippen LogP contribution is 2.33. The van der Waals surface area contributed by atoms with Gasteiger partial charge >= 0.3 is 0 Å². The van der Waals surface area contributed by atoms with Gasteiger partial charge in [0, 0.05) is 25.5 Å². The predicted octanol–water partition coefficient (Wildman–Crippen LogP) is 1.78. The van der Waals surface area contributed by atoms with Gasteiger partial charge in [0.2, 0.25) is 5.91 Å². The molecule has 94 valence electrons. The maximum atomic E-state index is 13.5. The van der Waals surface area contributed by atoms with Crippen molar-refractivity contribution in [1.29, 1.82) is 0 Å². The van der Waals surface area contributed by atoms with Crippen molar-refractivity contribution >= 4 is 32.6 Å². The Morgan fingerprint density at radius 1 is 1.56 bits per heavy atom. The van der Waals surface area contributed by atoms with Gasteiger partial charge < -0.3 is 5.11 Å². The Hall–Kier alpha value is -1.53. The number of hydrogen-bond donors (Lipinski definition) is 1. The highest BCUT2D eigenvalue weighted by atomic mass is 32.1. The molecule has 6 heteroatoms. The number of fused-ring (bicyclic) bond motifs is 1. The molecule has 1 aliphatic heterocycles. The first kappa shape index (κ1) is 11.6. The summed E-state index contributed by atoms with van der Waals surface area (Å²) in [5.41, 5.74) is 0.303. The van der Waals surface area contributed by atoms with Gasteiger partial charge in [0.1, 0.15) is 11.3 Å². The van der Waals surface area contributed by atoms with E-state index in [-0.39, 0.29) is 24.2 Å². The Morgan fingerprint density at radius 2 is 2.39 bits per heavy atom. The van der Waals surface area contributed by atoms with Gasteiger partial charge in [-0.3, -0.25) is 9.69 Å². The van der Waals surface area contributed by atoms with Crippen molar-refractivity contribution < 1.29 is 14.3 Å². The van der Waals surface area contributed by atoms with Crippen LogP contribution in [0.1, 0.15) is 6.42 Å². The zero-order chi connectivity index (χ0) is 12.7. The Kier molecular flexibility index (Phi) is 2.76. The van der Waals surface area contributed by atoms with Crippen LogP contribution in [0.15, 0.2) is 18.2 Å². The molecule has 2 heterocycles. The largest absolute Gasteiger partial charge is 0.396 e. The van der Waals surface area contributed by atoms with Crippen LogP contribution in [0.25, 0.3) is 10.2 Å².